The Morgan fingerprint density at radius 2 is 2.27 bits per heavy atom. The average Bonchev–Trinajstić information content (AvgIpc) is 3.12. The number of H-pyrrole nitrogens is 1. The van der Waals surface area contributed by atoms with E-state index in [1.165, 1.54) is 13.2 Å². The standard InChI is InChI=1S/C20H22ClFN6O2/c1-23-16(29)7-20(30)4-2-3-12(6-20)27-19-15(22)10-26-18(28-19)14-9-25-17-13(14)5-11(21)8-24-17/h5,8-10,12,30H,2-4,6-7H2,1H3,(H,23,29)(H,24,25)(H,26,27,28)/t12-,20-/m0/s1. The second-order valence-electron chi connectivity index (χ2n) is 7.65. The summed E-state index contributed by atoms with van der Waals surface area (Å²) in [6.07, 6.45) is 6.67. The van der Waals surface area contributed by atoms with Gasteiger partial charge >= 0.3 is 0 Å². The lowest BCUT2D eigenvalue weighted by molar-refractivity contribution is -0.127. The molecule has 0 bridgehead atoms. The number of aromatic amines is 1. The molecular formula is C20H22ClFN6O2. The van der Waals surface area contributed by atoms with E-state index in [-0.39, 0.29) is 24.2 Å². The third kappa shape index (κ3) is 4.22. The fourth-order valence-corrected chi connectivity index (χ4v) is 4.12. The van der Waals surface area contributed by atoms with Gasteiger partial charge in [-0.2, -0.15) is 0 Å². The second kappa shape index (κ2) is 8.16. The molecular weight excluding hydrogens is 411 g/mol. The SMILES string of the molecule is CNC(=O)C[C@]1(O)CCC[C@H](Nc2nc(-c3c[nH]c4ncc(Cl)cc34)ncc2F)C1. The molecule has 1 fully saturated rings. The van der Waals surface area contributed by atoms with Crippen LogP contribution in [0.4, 0.5) is 10.2 Å². The average molecular weight is 433 g/mol. The van der Waals surface area contributed by atoms with Crippen LogP contribution in [0.1, 0.15) is 32.1 Å². The summed E-state index contributed by atoms with van der Waals surface area (Å²) < 4.78 is 14.4. The molecule has 1 amide bonds. The van der Waals surface area contributed by atoms with Gasteiger partial charge in [-0.15, -0.1) is 0 Å². The number of nitrogens with one attached hydrogen (secondary N) is 3. The molecule has 3 heterocycles. The molecule has 4 N–H and O–H groups in total. The molecule has 1 aliphatic carbocycles. The number of nitrogens with zero attached hydrogens (tertiary/aromatic N) is 3. The van der Waals surface area contributed by atoms with Gasteiger partial charge in [0.15, 0.2) is 17.5 Å². The first-order valence-electron chi connectivity index (χ1n) is 9.72. The zero-order valence-electron chi connectivity index (χ0n) is 16.4. The van der Waals surface area contributed by atoms with Crippen LogP contribution in [0.5, 0.6) is 0 Å². The molecule has 3 aromatic rings. The monoisotopic (exact) mass is 432 g/mol. The lowest BCUT2D eigenvalue weighted by atomic mass is 9.79. The summed E-state index contributed by atoms with van der Waals surface area (Å²) in [6.45, 7) is 0. The van der Waals surface area contributed by atoms with Gasteiger partial charge in [-0.05, 0) is 31.7 Å². The minimum Gasteiger partial charge on any atom is -0.389 e. The molecule has 8 nitrogen and oxygen atoms in total. The smallest absolute Gasteiger partial charge is 0.222 e. The second-order valence-corrected chi connectivity index (χ2v) is 8.09. The van der Waals surface area contributed by atoms with Gasteiger partial charge in [-0.25, -0.2) is 19.3 Å². The van der Waals surface area contributed by atoms with Crippen molar-refractivity contribution in [3.63, 3.8) is 0 Å². The Kier molecular flexibility index (Phi) is 5.57. The largest absolute Gasteiger partial charge is 0.389 e. The van der Waals surface area contributed by atoms with Gasteiger partial charge in [0.2, 0.25) is 5.91 Å². The zero-order valence-corrected chi connectivity index (χ0v) is 17.1. The summed E-state index contributed by atoms with van der Waals surface area (Å²) in [5, 5.41) is 17.6. The van der Waals surface area contributed by atoms with E-state index in [4.69, 9.17) is 11.6 Å². The van der Waals surface area contributed by atoms with Crippen molar-refractivity contribution in [2.45, 2.75) is 43.7 Å². The van der Waals surface area contributed by atoms with Gasteiger partial charge in [0.25, 0.3) is 0 Å². The number of rotatable bonds is 5. The predicted molar refractivity (Wildman–Crippen MR) is 112 cm³/mol. The van der Waals surface area contributed by atoms with Crippen LogP contribution >= 0.6 is 11.6 Å². The Morgan fingerprint density at radius 3 is 3.07 bits per heavy atom. The molecule has 1 aliphatic rings. The Bertz CT molecular complexity index is 1090. The van der Waals surface area contributed by atoms with Gasteiger partial charge in [0.05, 0.1) is 23.2 Å². The number of hydrogen-bond acceptors (Lipinski definition) is 6. The maximum Gasteiger partial charge on any atom is 0.222 e. The van der Waals surface area contributed by atoms with E-state index >= 15 is 0 Å². The first-order chi connectivity index (χ1) is 14.4. The molecule has 0 radical (unpaired) electrons. The van der Waals surface area contributed by atoms with Crippen molar-refractivity contribution < 1.29 is 14.3 Å². The van der Waals surface area contributed by atoms with Gasteiger partial charge in [0, 0.05) is 36.4 Å². The fourth-order valence-electron chi connectivity index (χ4n) is 3.97. The normalized spacial score (nSPS) is 21.5. The molecule has 1 saturated carbocycles. The van der Waals surface area contributed by atoms with E-state index in [1.54, 1.807) is 12.3 Å². The molecule has 0 spiro atoms. The number of carbonyl (C=O) groups is 1. The van der Waals surface area contributed by atoms with Crippen LogP contribution < -0.4 is 10.6 Å². The van der Waals surface area contributed by atoms with Crippen molar-refractivity contribution in [1.29, 1.82) is 0 Å². The van der Waals surface area contributed by atoms with Crippen LogP contribution in [-0.2, 0) is 4.79 Å². The summed E-state index contributed by atoms with van der Waals surface area (Å²) in [5.41, 5.74) is 0.160. The number of halogens is 2. The van der Waals surface area contributed by atoms with E-state index in [2.05, 4.69) is 30.6 Å². The molecule has 2 atom stereocenters. The molecule has 158 valence electrons. The van der Waals surface area contributed by atoms with E-state index in [9.17, 15) is 14.3 Å². The van der Waals surface area contributed by atoms with Crippen LogP contribution in [-0.4, -0.2) is 49.6 Å². The minimum absolute atomic E-state index is 0.0162. The molecule has 0 aliphatic heterocycles. The Labute approximate surface area is 177 Å². The number of carbonyl (C=O) groups excluding carboxylic acids is 1. The first-order valence-corrected chi connectivity index (χ1v) is 10.1. The number of aromatic nitrogens is 4. The number of hydrogen-bond donors (Lipinski definition) is 4. The highest BCUT2D eigenvalue weighted by Gasteiger charge is 2.36. The predicted octanol–water partition coefficient (Wildman–Crippen LogP) is 3.03. The zero-order chi connectivity index (χ0) is 21.3. The lowest BCUT2D eigenvalue weighted by Gasteiger charge is -2.36. The van der Waals surface area contributed by atoms with E-state index < -0.39 is 11.4 Å². The van der Waals surface area contributed by atoms with Gasteiger partial charge < -0.3 is 20.7 Å². The lowest BCUT2D eigenvalue weighted by Crippen LogP contribution is -2.43. The number of aliphatic hydroxyl groups is 1. The molecule has 4 rings (SSSR count). The van der Waals surface area contributed by atoms with Gasteiger partial charge in [0.1, 0.15) is 5.65 Å². The van der Waals surface area contributed by atoms with Crippen LogP contribution in [0.2, 0.25) is 5.02 Å². The number of fused-ring (bicyclic) bond motifs is 1. The number of anilines is 1. The van der Waals surface area contributed by atoms with Crippen LogP contribution in [0.25, 0.3) is 22.4 Å². The summed E-state index contributed by atoms with van der Waals surface area (Å²) in [5.74, 6) is -0.431. The van der Waals surface area contributed by atoms with Crippen molar-refractivity contribution >= 4 is 34.4 Å². The fraction of sp³-hybridized carbons (Fsp3) is 0.400. The van der Waals surface area contributed by atoms with Gasteiger partial charge in [-0.3, -0.25) is 4.79 Å². The van der Waals surface area contributed by atoms with Crippen molar-refractivity contribution in [2.75, 3.05) is 12.4 Å². The molecule has 0 unspecified atom stereocenters. The Hall–Kier alpha value is -2.78. The van der Waals surface area contributed by atoms with E-state index in [0.717, 1.165) is 24.4 Å². The molecule has 0 aromatic carbocycles. The number of pyridine rings is 1. The molecule has 3 aromatic heterocycles. The molecule has 10 heteroatoms. The van der Waals surface area contributed by atoms with E-state index in [1.807, 2.05) is 0 Å². The molecule has 30 heavy (non-hydrogen) atoms. The topological polar surface area (TPSA) is 116 Å². The van der Waals surface area contributed by atoms with Crippen molar-refractivity contribution in [3.05, 3.63) is 35.5 Å². The third-order valence-electron chi connectivity index (χ3n) is 5.41. The maximum absolute atomic E-state index is 14.4. The highest BCUT2D eigenvalue weighted by molar-refractivity contribution is 6.31. The van der Waals surface area contributed by atoms with Crippen molar-refractivity contribution in [2.24, 2.45) is 0 Å². The minimum atomic E-state index is -1.12. The third-order valence-corrected chi connectivity index (χ3v) is 5.62. The summed E-state index contributed by atoms with van der Waals surface area (Å²) in [6, 6.07) is 1.53. The van der Waals surface area contributed by atoms with E-state index in [0.29, 0.717) is 34.9 Å². The first kappa shape index (κ1) is 20.5. The summed E-state index contributed by atoms with van der Waals surface area (Å²) in [4.78, 5) is 27.4. The van der Waals surface area contributed by atoms with Crippen molar-refractivity contribution in [1.82, 2.24) is 25.3 Å². The number of amides is 1. The molecule has 0 saturated heterocycles. The highest BCUT2D eigenvalue weighted by Crippen LogP contribution is 2.33. The maximum atomic E-state index is 14.4. The van der Waals surface area contributed by atoms with Crippen LogP contribution in [0, 0.1) is 5.82 Å². The Balaban J connectivity index is 1.58. The highest BCUT2D eigenvalue weighted by atomic mass is 35.5. The summed E-state index contributed by atoms with van der Waals surface area (Å²) in [7, 11) is 1.54. The summed E-state index contributed by atoms with van der Waals surface area (Å²) >= 11 is 6.05. The van der Waals surface area contributed by atoms with Crippen LogP contribution in [0.15, 0.2) is 24.7 Å². The Morgan fingerprint density at radius 1 is 1.43 bits per heavy atom. The van der Waals surface area contributed by atoms with Crippen molar-refractivity contribution in [3.8, 4) is 11.4 Å². The quantitative estimate of drug-likeness (QED) is 0.492. The van der Waals surface area contributed by atoms with Crippen LogP contribution in [0.3, 0.4) is 0 Å². The van der Waals surface area contributed by atoms with Gasteiger partial charge in [-0.1, -0.05) is 11.6 Å².